The number of nitrogens with one attached hydrogen (secondary N) is 1. The molecule has 0 aromatic heterocycles. The number of benzene rings is 1. The van der Waals surface area contributed by atoms with Crippen molar-refractivity contribution in [2.24, 2.45) is 0 Å². The van der Waals surface area contributed by atoms with Gasteiger partial charge in [-0.15, -0.1) is 0 Å². The highest BCUT2D eigenvalue weighted by Crippen LogP contribution is 2.26. The van der Waals surface area contributed by atoms with E-state index in [0.717, 1.165) is 5.56 Å². The molecule has 0 aliphatic carbocycles. The van der Waals surface area contributed by atoms with E-state index >= 15 is 0 Å². The Morgan fingerprint density at radius 3 is 2.68 bits per heavy atom. The number of carbonyl (C=O) groups excluding carboxylic acids is 3. The highest BCUT2D eigenvalue weighted by Gasteiger charge is 2.32. The van der Waals surface area contributed by atoms with Crippen molar-refractivity contribution in [2.45, 2.75) is 19.9 Å². The summed E-state index contributed by atoms with van der Waals surface area (Å²) in [7, 11) is 1.57. The van der Waals surface area contributed by atoms with Crippen LogP contribution in [-0.4, -0.2) is 67.4 Å². The van der Waals surface area contributed by atoms with E-state index in [1.54, 1.807) is 35.0 Å². The minimum atomic E-state index is -0.296. The second-order valence-electron chi connectivity index (χ2n) is 5.91. The second kappa shape index (κ2) is 8.62. The van der Waals surface area contributed by atoms with Crippen LogP contribution in [0.5, 0.6) is 0 Å². The standard InChI is InChI=1S/C18H25N3O4/c1-4-25-12-17(23)21-9-8-20(13(2)22)11-16(21)14-6-5-7-15(10-14)18(24)19-3/h5-7,10,16H,4,8-9,11-12H2,1-3H3,(H,19,24)/t16-/m0/s1. The predicted octanol–water partition coefficient (Wildman–Crippen LogP) is 0.814. The summed E-state index contributed by atoms with van der Waals surface area (Å²) in [5, 5.41) is 2.60. The zero-order valence-corrected chi connectivity index (χ0v) is 14.9. The zero-order chi connectivity index (χ0) is 18.4. The molecule has 1 aromatic rings. The van der Waals surface area contributed by atoms with Gasteiger partial charge in [-0.3, -0.25) is 14.4 Å². The van der Waals surface area contributed by atoms with Crippen LogP contribution in [0, 0.1) is 0 Å². The summed E-state index contributed by atoms with van der Waals surface area (Å²) in [6.45, 7) is 5.20. The molecule has 3 amide bonds. The lowest BCUT2D eigenvalue weighted by Crippen LogP contribution is -2.52. The van der Waals surface area contributed by atoms with Crippen LogP contribution in [0.2, 0.25) is 0 Å². The highest BCUT2D eigenvalue weighted by molar-refractivity contribution is 5.94. The van der Waals surface area contributed by atoms with Crippen molar-refractivity contribution >= 4 is 17.7 Å². The zero-order valence-electron chi connectivity index (χ0n) is 14.9. The summed E-state index contributed by atoms with van der Waals surface area (Å²) in [5.74, 6) is -0.321. The van der Waals surface area contributed by atoms with Gasteiger partial charge in [0.2, 0.25) is 11.8 Å². The molecule has 1 fully saturated rings. The molecule has 1 aliphatic heterocycles. The Morgan fingerprint density at radius 2 is 2.04 bits per heavy atom. The number of hydrogen-bond donors (Lipinski definition) is 1. The van der Waals surface area contributed by atoms with Crippen molar-refractivity contribution in [3.63, 3.8) is 0 Å². The topological polar surface area (TPSA) is 79.0 Å². The van der Waals surface area contributed by atoms with Gasteiger partial charge in [-0.25, -0.2) is 0 Å². The molecule has 2 rings (SSSR count). The maximum Gasteiger partial charge on any atom is 0.251 e. The van der Waals surface area contributed by atoms with E-state index in [4.69, 9.17) is 4.74 Å². The molecule has 7 nitrogen and oxygen atoms in total. The van der Waals surface area contributed by atoms with Gasteiger partial charge < -0.3 is 19.9 Å². The van der Waals surface area contributed by atoms with Crippen LogP contribution >= 0.6 is 0 Å². The van der Waals surface area contributed by atoms with E-state index in [2.05, 4.69) is 5.32 Å². The van der Waals surface area contributed by atoms with Crippen molar-refractivity contribution in [1.82, 2.24) is 15.1 Å². The van der Waals surface area contributed by atoms with Gasteiger partial charge in [0.25, 0.3) is 5.91 Å². The molecule has 1 saturated heterocycles. The number of amides is 3. The minimum Gasteiger partial charge on any atom is -0.372 e. The molecule has 0 radical (unpaired) electrons. The molecule has 0 unspecified atom stereocenters. The van der Waals surface area contributed by atoms with E-state index in [1.807, 2.05) is 13.0 Å². The van der Waals surface area contributed by atoms with E-state index in [-0.39, 0.29) is 30.4 Å². The van der Waals surface area contributed by atoms with Gasteiger partial charge in [-0.2, -0.15) is 0 Å². The van der Waals surface area contributed by atoms with Crippen molar-refractivity contribution < 1.29 is 19.1 Å². The van der Waals surface area contributed by atoms with Crippen LogP contribution in [0.15, 0.2) is 24.3 Å². The van der Waals surface area contributed by atoms with Gasteiger partial charge in [0.15, 0.2) is 0 Å². The fraction of sp³-hybridized carbons (Fsp3) is 0.500. The number of piperazine rings is 1. The van der Waals surface area contributed by atoms with Gasteiger partial charge in [-0.05, 0) is 24.6 Å². The molecular formula is C18H25N3O4. The quantitative estimate of drug-likeness (QED) is 0.855. The molecule has 7 heteroatoms. The molecule has 0 saturated carbocycles. The first-order valence-electron chi connectivity index (χ1n) is 8.42. The van der Waals surface area contributed by atoms with Crippen LogP contribution in [0.4, 0.5) is 0 Å². The monoisotopic (exact) mass is 347 g/mol. The Labute approximate surface area is 147 Å². The molecule has 1 aliphatic rings. The van der Waals surface area contributed by atoms with Crippen LogP contribution in [0.25, 0.3) is 0 Å². The van der Waals surface area contributed by atoms with Gasteiger partial charge in [0, 0.05) is 45.8 Å². The lowest BCUT2D eigenvalue weighted by atomic mass is 9.99. The van der Waals surface area contributed by atoms with Crippen LogP contribution in [-0.2, 0) is 14.3 Å². The minimum absolute atomic E-state index is 0.0161. The number of rotatable bonds is 5. The Balaban J connectivity index is 2.30. The van der Waals surface area contributed by atoms with E-state index in [1.165, 1.54) is 6.92 Å². The van der Waals surface area contributed by atoms with Crippen LogP contribution < -0.4 is 5.32 Å². The van der Waals surface area contributed by atoms with Gasteiger partial charge in [0.05, 0.1) is 6.04 Å². The van der Waals surface area contributed by atoms with Crippen molar-refractivity contribution in [1.29, 1.82) is 0 Å². The SMILES string of the molecule is CCOCC(=O)N1CCN(C(C)=O)C[C@H]1c1cccc(C(=O)NC)c1. The maximum atomic E-state index is 12.5. The Morgan fingerprint density at radius 1 is 1.28 bits per heavy atom. The van der Waals surface area contributed by atoms with Crippen LogP contribution in [0.3, 0.4) is 0 Å². The smallest absolute Gasteiger partial charge is 0.251 e. The van der Waals surface area contributed by atoms with Gasteiger partial charge >= 0.3 is 0 Å². The predicted molar refractivity (Wildman–Crippen MR) is 93.0 cm³/mol. The fourth-order valence-electron chi connectivity index (χ4n) is 2.96. The first kappa shape index (κ1) is 18.9. The molecule has 25 heavy (non-hydrogen) atoms. The summed E-state index contributed by atoms with van der Waals surface area (Å²) in [4.78, 5) is 39.6. The molecular weight excluding hydrogens is 322 g/mol. The van der Waals surface area contributed by atoms with E-state index in [0.29, 0.717) is 31.8 Å². The third-order valence-corrected chi connectivity index (χ3v) is 4.34. The number of carbonyl (C=O) groups is 3. The maximum absolute atomic E-state index is 12.5. The lowest BCUT2D eigenvalue weighted by Gasteiger charge is -2.41. The molecule has 1 N–H and O–H groups in total. The largest absolute Gasteiger partial charge is 0.372 e. The summed E-state index contributed by atoms with van der Waals surface area (Å²) in [6, 6.07) is 6.86. The third kappa shape index (κ3) is 4.57. The van der Waals surface area contributed by atoms with Gasteiger partial charge in [0.1, 0.15) is 6.61 Å². The van der Waals surface area contributed by atoms with E-state index in [9.17, 15) is 14.4 Å². The molecule has 136 valence electrons. The average Bonchev–Trinajstić information content (AvgIpc) is 2.64. The van der Waals surface area contributed by atoms with Crippen molar-refractivity contribution in [3.05, 3.63) is 35.4 Å². The Hall–Kier alpha value is -2.41. The average molecular weight is 347 g/mol. The van der Waals surface area contributed by atoms with Crippen LogP contribution in [0.1, 0.15) is 35.8 Å². The first-order chi connectivity index (χ1) is 12.0. The van der Waals surface area contributed by atoms with Gasteiger partial charge in [-0.1, -0.05) is 12.1 Å². The molecule has 0 bridgehead atoms. The first-order valence-corrected chi connectivity index (χ1v) is 8.42. The molecule has 1 heterocycles. The normalized spacial score (nSPS) is 17.3. The lowest BCUT2D eigenvalue weighted by molar-refractivity contribution is -0.145. The Bertz CT molecular complexity index is 647. The molecule has 1 atom stereocenters. The second-order valence-corrected chi connectivity index (χ2v) is 5.91. The number of ether oxygens (including phenoxy) is 1. The molecule has 0 spiro atoms. The van der Waals surface area contributed by atoms with Crippen molar-refractivity contribution in [2.75, 3.05) is 39.9 Å². The summed E-state index contributed by atoms with van der Waals surface area (Å²) in [6.07, 6.45) is 0. The number of hydrogen-bond acceptors (Lipinski definition) is 4. The van der Waals surface area contributed by atoms with Crippen molar-refractivity contribution in [3.8, 4) is 0 Å². The van der Waals surface area contributed by atoms with E-state index < -0.39 is 0 Å². The highest BCUT2D eigenvalue weighted by atomic mass is 16.5. The molecule has 1 aromatic carbocycles. The third-order valence-electron chi connectivity index (χ3n) is 4.34. The summed E-state index contributed by atoms with van der Waals surface area (Å²) < 4.78 is 5.25. The Kier molecular flexibility index (Phi) is 6.52. The fourth-order valence-corrected chi connectivity index (χ4v) is 2.96. The number of nitrogens with zero attached hydrogens (tertiary/aromatic N) is 2. The summed E-state index contributed by atoms with van der Waals surface area (Å²) >= 11 is 0. The summed E-state index contributed by atoms with van der Waals surface area (Å²) in [5.41, 5.74) is 1.36.